The molecule has 3 heterocycles. The Morgan fingerprint density at radius 1 is 0.590 bits per heavy atom. The van der Waals surface area contributed by atoms with Gasteiger partial charge in [-0.2, -0.15) is 0 Å². The summed E-state index contributed by atoms with van der Waals surface area (Å²) in [5, 5.41) is 5.51. The van der Waals surface area contributed by atoms with E-state index in [0.717, 1.165) is 61.6 Å². The third-order valence-electron chi connectivity index (χ3n) is 13.2. The number of para-hydroxylation sites is 3. The molecule has 0 amide bonds. The van der Waals surface area contributed by atoms with Crippen molar-refractivity contribution in [2.45, 2.75) is 28.6 Å². The molecular weight excluding hydrogens is 802 g/mol. The number of rotatable bonds is 4. The van der Waals surface area contributed by atoms with Gasteiger partial charge in [0.15, 0.2) is 0 Å². The average molecular weight is 838 g/mol. The Balaban J connectivity index is 1.08. The Labute approximate surface area is 367 Å². The minimum atomic E-state index is -0.431. The topological polar surface area (TPSA) is 16.4 Å². The van der Waals surface area contributed by atoms with Crippen LogP contribution in [0.4, 0.5) is 17.1 Å². The summed E-state index contributed by atoms with van der Waals surface area (Å²) in [6, 6.07) is 62.2. The first-order valence-corrected chi connectivity index (χ1v) is 22.9. The maximum Gasteiger partial charge on any atom is 0.143 e. The van der Waals surface area contributed by atoms with Crippen LogP contribution in [-0.4, -0.2) is 0 Å². The maximum atomic E-state index is 6.86. The molecule has 0 fully saturated rings. The minimum absolute atomic E-state index is 0.370. The van der Waals surface area contributed by atoms with Gasteiger partial charge in [-0.3, -0.25) is 0 Å². The van der Waals surface area contributed by atoms with Crippen molar-refractivity contribution < 1.29 is 4.42 Å². The van der Waals surface area contributed by atoms with Crippen molar-refractivity contribution in [2.24, 2.45) is 5.92 Å². The average Bonchev–Trinajstić information content (AvgIpc) is 3.96. The summed E-state index contributed by atoms with van der Waals surface area (Å²) in [4.78, 5) is 4.89. The molecule has 5 heteroatoms. The van der Waals surface area contributed by atoms with Gasteiger partial charge in [-0.15, -0.1) is 11.3 Å². The Hall–Kier alpha value is -6.30. The van der Waals surface area contributed by atoms with E-state index in [1.165, 1.54) is 63.4 Å². The highest BCUT2D eigenvalue weighted by atomic mass is 35.5. The summed E-state index contributed by atoms with van der Waals surface area (Å²) in [5.41, 5.74) is 15.1. The van der Waals surface area contributed by atoms with Gasteiger partial charge in [0.1, 0.15) is 11.2 Å². The quantitative estimate of drug-likeness (QED) is 0.176. The van der Waals surface area contributed by atoms with E-state index in [9.17, 15) is 0 Å². The molecule has 0 radical (unpaired) electrons. The monoisotopic (exact) mass is 837 g/mol. The summed E-state index contributed by atoms with van der Waals surface area (Å²) < 4.78 is 9.24. The van der Waals surface area contributed by atoms with Crippen LogP contribution < -0.4 is 4.90 Å². The molecule has 2 unspecified atom stereocenters. The summed E-state index contributed by atoms with van der Waals surface area (Å²) in [5.74, 6) is 0.370. The van der Waals surface area contributed by atoms with E-state index < -0.39 is 5.41 Å². The third-order valence-corrected chi connectivity index (χ3v) is 15.8. The smallest absolute Gasteiger partial charge is 0.143 e. The molecule has 61 heavy (non-hydrogen) atoms. The number of thiophene rings is 1. The molecule has 3 aliphatic rings. The largest absolute Gasteiger partial charge is 0.455 e. The number of allylic oxidation sites excluding steroid dienone is 4. The van der Waals surface area contributed by atoms with Gasteiger partial charge in [0.2, 0.25) is 0 Å². The molecule has 13 rings (SSSR count). The standard InChI is InChI=1S/C56H36ClNOS2/c1-33-13-11-19-41-38-16-5-8-22-46(38)56(53(33)41)47-27-25-34(57)29-51(47)60-52-32-36(26-28-48(52)56)58(35-14-3-2-4-15-35)37-30-44-40-18-7-10-24-50(40)61-55(44)45(31-37)43-21-12-20-42-39-17-6-9-23-49(39)59-54(42)43/h2-12,14-33H,13H2,1H3. The van der Waals surface area contributed by atoms with Crippen LogP contribution in [0.2, 0.25) is 5.02 Å². The molecule has 2 nitrogen and oxygen atoms in total. The van der Waals surface area contributed by atoms with Gasteiger partial charge in [-0.05, 0) is 106 Å². The van der Waals surface area contributed by atoms with Gasteiger partial charge in [0, 0.05) is 73.9 Å². The Morgan fingerprint density at radius 2 is 1.33 bits per heavy atom. The second-order valence-corrected chi connectivity index (χ2v) is 19.1. The normalized spacial score (nSPS) is 17.6. The van der Waals surface area contributed by atoms with Gasteiger partial charge in [-0.25, -0.2) is 0 Å². The van der Waals surface area contributed by atoms with Crippen LogP contribution in [0.25, 0.3) is 58.8 Å². The first-order chi connectivity index (χ1) is 30.1. The van der Waals surface area contributed by atoms with E-state index in [1.54, 1.807) is 0 Å². The summed E-state index contributed by atoms with van der Waals surface area (Å²) in [6.07, 6.45) is 5.75. The third kappa shape index (κ3) is 5.04. The summed E-state index contributed by atoms with van der Waals surface area (Å²) in [7, 11) is 0. The Bertz CT molecular complexity index is 3540. The number of nitrogens with zero attached hydrogens (tertiary/aromatic N) is 1. The SMILES string of the molecule is CC1CC=CC2=C1C1(c3ccc(Cl)cc3Sc3cc(N(c4ccccc4)c4cc(-c5cccc6c5oc5ccccc56)c5sc6ccccc6c5c4)ccc31)c1ccccc12. The fourth-order valence-electron chi connectivity index (χ4n) is 10.8. The van der Waals surface area contributed by atoms with E-state index in [-0.39, 0.29) is 0 Å². The molecule has 0 saturated heterocycles. The maximum absolute atomic E-state index is 6.86. The van der Waals surface area contributed by atoms with Gasteiger partial charge >= 0.3 is 0 Å². The molecule has 1 aliphatic heterocycles. The van der Waals surface area contributed by atoms with Crippen molar-refractivity contribution in [2.75, 3.05) is 4.90 Å². The fourth-order valence-corrected chi connectivity index (χ4v) is 13.5. The van der Waals surface area contributed by atoms with Crippen LogP contribution in [0.15, 0.2) is 202 Å². The number of furan rings is 1. The van der Waals surface area contributed by atoms with Crippen molar-refractivity contribution in [3.63, 3.8) is 0 Å². The van der Waals surface area contributed by atoms with Crippen molar-refractivity contribution >= 4 is 99.4 Å². The molecule has 0 N–H and O–H groups in total. The van der Waals surface area contributed by atoms with E-state index >= 15 is 0 Å². The predicted octanol–water partition coefficient (Wildman–Crippen LogP) is 16.9. The first-order valence-electron chi connectivity index (χ1n) is 20.9. The molecule has 2 atom stereocenters. The molecule has 0 bridgehead atoms. The fraction of sp³-hybridized carbons (Fsp3) is 0.0714. The number of benzene rings is 8. The number of hydrogen-bond donors (Lipinski definition) is 0. The van der Waals surface area contributed by atoms with E-state index in [2.05, 4.69) is 188 Å². The van der Waals surface area contributed by atoms with Crippen molar-refractivity contribution in [3.8, 4) is 11.1 Å². The highest BCUT2D eigenvalue weighted by Crippen LogP contribution is 2.64. The number of hydrogen-bond acceptors (Lipinski definition) is 4. The van der Waals surface area contributed by atoms with Crippen molar-refractivity contribution in [1.29, 1.82) is 0 Å². The van der Waals surface area contributed by atoms with Gasteiger partial charge in [0.25, 0.3) is 0 Å². The van der Waals surface area contributed by atoms with Gasteiger partial charge in [-0.1, -0.05) is 152 Å². The zero-order valence-electron chi connectivity index (χ0n) is 33.2. The summed E-state index contributed by atoms with van der Waals surface area (Å²) in [6.45, 7) is 2.41. The minimum Gasteiger partial charge on any atom is -0.455 e. The number of fused-ring (bicyclic) bond motifs is 14. The van der Waals surface area contributed by atoms with Crippen LogP contribution >= 0.6 is 34.7 Å². The molecular formula is C56H36ClNOS2. The lowest BCUT2D eigenvalue weighted by atomic mass is 9.63. The molecule has 2 aliphatic carbocycles. The van der Waals surface area contributed by atoms with E-state index in [4.69, 9.17) is 16.0 Å². The van der Waals surface area contributed by atoms with Crippen LogP contribution in [-0.2, 0) is 5.41 Å². The first kappa shape index (κ1) is 35.5. The number of anilines is 3. The molecule has 290 valence electrons. The Kier molecular flexibility index (Phi) is 7.76. The zero-order chi connectivity index (χ0) is 40.4. The van der Waals surface area contributed by atoms with Crippen molar-refractivity contribution in [1.82, 2.24) is 0 Å². The van der Waals surface area contributed by atoms with Gasteiger partial charge in [0.05, 0.1) is 5.41 Å². The lowest BCUT2D eigenvalue weighted by molar-refractivity contribution is 0.569. The molecule has 1 spiro atoms. The molecule has 2 aromatic heterocycles. The highest BCUT2D eigenvalue weighted by molar-refractivity contribution is 7.99. The van der Waals surface area contributed by atoms with Crippen molar-refractivity contribution in [3.05, 3.63) is 215 Å². The second-order valence-electron chi connectivity index (χ2n) is 16.5. The molecule has 10 aromatic rings. The lowest BCUT2D eigenvalue weighted by Gasteiger charge is -2.43. The summed E-state index contributed by atoms with van der Waals surface area (Å²) >= 11 is 10.6. The Morgan fingerprint density at radius 3 is 2.23 bits per heavy atom. The van der Waals surface area contributed by atoms with Crippen LogP contribution in [0.5, 0.6) is 0 Å². The van der Waals surface area contributed by atoms with E-state index in [0.29, 0.717) is 5.92 Å². The predicted molar refractivity (Wildman–Crippen MR) is 258 cm³/mol. The second kappa shape index (κ2) is 13.3. The van der Waals surface area contributed by atoms with E-state index in [1.807, 2.05) is 29.2 Å². The molecule has 8 aromatic carbocycles. The van der Waals surface area contributed by atoms with Crippen LogP contribution in [0, 0.1) is 5.92 Å². The van der Waals surface area contributed by atoms with Gasteiger partial charge < -0.3 is 9.32 Å². The van der Waals surface area contributed by atoms with Crippen LogP contribution in [0.3, 0.4) is 0 Å². The molecule has 0 saturated carbocycles. The number of halogens is 1. The zero-order valence-corrected chi connectivity index (χ0v) is 35.5. The highest BCUT2D eigenvalue weighted by Gasteiger charge is 2.53. The van der Waals surface area contributed by atoms with Crippen LogP contribution in [0.1, 0.15) is 35.6 Å². The lowest BCUT2D eigenvalue weighted by Crippen LogP contribution is -2.35.